The molecule has 6 rings (SSSR count). The summed E-state index contributed by atoms with van der Waals surface area (Å²) in [6.45, 7) is 10.3. The first-order valence-electron chi connectivity index (χ1n) is 24.0. The third-order valence-electron chi connectivity index (χ3n) is 12.3. The first-order valence-corrected chi connectivity index (χ1v) is 24.0. The second kappa shape index (κ2) is 26.9. The lowest BCUT2D eigenvalue weighted by Gasteiger charge is -2.41. The number of ketones is 1. The van der Waals surface area contributed by atoms with Gasteiger partial charge in [0.05, 0.1) is 88.6 Å². The van der Waals surface area contributed by atoms with Crippen LogP contribution in [0.15, 0.2) is 72.8 Å². The standard InChI is InChI=1S/C51H71N7O8/c1-3-4-22-43-57-46-47(39-18-11-12-20-41(39)56-50(46)52)58(43)27-16-15-26-54-45(60)24-29-63-31-33-65-35-37-66-36-34-64-32-30-62-28-23-44(59)53-25-14-13-21-42-49(61)51(2)40-19-10-8-6-5-7-9-17-38(40)48(51)55-42/h5-12,17-20,42,48,55H,3-4,13-16,21-37H2,1-2H3,(H2,52,56)(H,53,59)(H,54,60). The molecule has 3 unspecified atom stereocenters. The second-order valence-corrected chi connectivity index (χ2v) is 17.0. The van der Waals surface area contributed by atoms with Crippen LogP contribution in [0.2, 0.25) is 0 Å². The zero-order valence-electron chi connectivity index (χ0n) is 39.0. The molecule has 4 aromatic rings. The summed E-state index contributed by atoms with van der Waals surface area (Å²) >= 11 is 0. The molecule has 1 saturated heterocycles. The van der Waals surface area contributed by atoms with Crippen LogP contribution in [0.1, 0.15) is 94.6 Å². The first kappa shape index (κ1) is 50.4. The maximum Gasteiger partial charge on any atom is 0.222 e. The number of anilines is 1. The molecule has 1 aliphatic carbocycles. The van der Waals surface area contributed by atoms with Crippen LogP contribution in [0.4, 0.5) is 5.82 Å². The number of nitrogens with two attached hydrogens (primary N) is 1. The lowest BCUT2D eigenvalue weighted by molar-refractivity contribution is -0.124. The van der Waals surface area contributed by atoms with Crippen LogP contribution in [0.5, 0.6) is 0 Å². The Balaban J connectivity index is 0.683. The van der Waals surface area contributed by atoms with Crippen LogP contribution in [-0.4, -0.2) is 117 Å². The Morgan fingerprint density at radius 2 is 1.27 bits per heavy atom. The number of aromatic nitrogens is 3. The Morgan fingerprint density at radius 3 is 1.91 bits per heavy atom. The molecule has 0 saturated carbocycles. The van der Waals surface area contributed by atoms with Gasteiger partial charge in [0.15, 0.2) is 11.6 Å². The monoisotopic (exact) mass is 910 g/mol. The molecule has 2 aromatic carbocycles. The van der Waals surface area contributed by atoms with E-state index in [2.05, 4.69) is 57.5 Å². The number of imidazole rings is 1. The normalized spacial score (nSPS) is 17.3. The van der Waals surface area contributed by atoms with Gasteiger partial charge in [0.2, 0.25) is 11.8 Å². The van der Waals surface area contributed by atoms with Crippen LogP contribution >= 0.6 is 0 Å². The van der Waals surface area contributed by atoms with Crippen molar-refractivity contribution >= 4 is 45.4 Å². The molecule has 358 valence electrons. The predicted molar refractivity (Wildman–Crippen MR) is 257 cm³/mol. The quantitative estimate of drug-likeness (QED) is 0.0417. The first-order chi connectivity index (χ1) is 32.3. The third-order valence-corrected chi connectivity index (χ3v) is 12.3. The van der Waals surface area contributed by atoms with Crippen molar-refractivity contribution in [3.63, 3.8) is 0 Å². The third kappa shape index (κ3) is 14.0. The van der Waals surface area contributed by atoms with Crippen molar-refractivity contribution < 1.29 is 38.1 Å². The minimum Gasteiger partial charge on any atom is -0.382 e. The average molecular weight is 910 g/mol. The van der Waals surface area contributed by atoms with Gasteiger partial charge < -0.3 is 44.6 Å². The van der Waals surface area contributed by atoms with E-state index in [0.717, 1.165) is 91.2 Å². The molecule has 15 nitrogen and oxygen atoms in total. The molecular weight excluding hydrogens is 839 g/mol. The SMILES string of the molecule is CCCCc1nc2c(N)nc3ccccc3c2n1CCCCNC(=O)CCOCCOCCOCCOCCOCCC(=O)NCCCCC1NC2c3ccccccccc3C2(C)C1=O. The van der Waals surface area contributed by atoms with Crippen molar-refractivity contribution in [2.45, 2.75) is 102 Å². The second-order valence-electron chi connectivity index (χ2n) is 17.0. The average Bonchev–Trinajstić information content (AvgIpc) is 3.79. The molecule has 3 heterocycles. The van der Waals surface area contributed by atoms with Gasteiger partial charge in [-0.1, -0.05) is 80.1 Å². The van der Waals surface area contributed by atoms with Crippen molar-refractivity contribution in [2.75, 3.05) is 84.9 Å². The molecule has 5 N–H and O–H groups in total. The van der Waals surface area contributed by atoms with E-state index in [9.17, 15) is 14.4 Å². The van der Waals surface area contributed by atoms with Gasteiger partial charge in [-0.05, 0) is 62.6 Å². The number of rotatable bonds is 31. The number of unbranched alkanes of at least 4 members (excludes halogenated alkanes) is 3. The van der Waals surface area contributed by atoms with Crippen LogP contribution in [0.25, 0.3) is 21.9 Å². The molecule has 3 atom stereocenters. The number of nitrogens with one attached hydrogen (secondary N) is 3. The summed E-state index contributed by atoms with van der Waals surface area (Å²) in [5, 5.41) is 10.6. The number of nitrogens with zero attached hydrogens (tertiary/aromatic N) is 3. The smallest absolute Gasteiger partial charge is 0.222 e. The Morgan fingerprint density at radius 1 is 0.712 bits per heavy atom. The number of Topliss-reactive ketones (excluding diaryl/α,β-unsaturated/α-hetero) is 1. The number of hydrogen-bond donors (Lipinski definition) is 4. The van der Waals surface area contributed by atoms with Crippen LogP contribution in [-0.2, 0) is 56.4 Å². The van der Waals surface area contributed by atoms with Gasteiger partial charge in [-0.25, -0.2) is 9.97 Å². The summed E-state index contributed by atoms with van der Waals surface area (Å²) in [6, 6.07) is 24.1. The van der Waals surface area contributed by atoms with E-state index in [1.165, 1.54) is 5.56 Å². The number of carbonyl (C=O) groups excluding carboxylic acids is 3. The van der Waals surface area contributed by atoms with Gasteiger partial charge in [-0.3, -0.25) is 19.7 Å². The highest BCUT2D eigenvalue weighted by Gasteiger charge is 2.59. The van der Waals surface area contributed by atoms with Crippen LogP contribution in [0.3, 0.4) is 0 Å². The van der Waals surface area contributed by atoms with E-state index in [0.29, 0.717) is 91.4 Å². The highest BCUT2D eigenvalue weighted by atomic mass is 16.6. The van der Waals surface area contributed by atoms with Crippen LogP contribution in [0, 0.1) is 0 Å². The Labute approximate surface area is 389 Å². The summed E-state index contributed by atoms with van der Waals surface area (Å²) in [4.78, 5) is 47.5. The van der Waals surface area contributed by atoms with Gasteiger partial charge in [0.1, 0.15) is 11.3 Å². The molecule has 2 aliphatic rings. The van der Waals surface area contributed by atoms with E-state index in [1.54, 1.807) is 0 Å². The summed E-state index contributed by atoms with van der Waals surface area (Å²) in [5.74, 6) is 1.68. The lowest BCUT2D eigenvalue weighted by Crippen LogP contribution is -2.44. The fourth-order valence-corrected chi connectivity index (χ4v) is 8.74. The van der Waals surface area contributed by atoms with E-state index < -0.39 is 5.41 Å². The molecule has 0 radical (unpaired) electrons. The van der Waals surface area contributed by atoms with Crippen molar-refractivity contribution in [3.8, 4) is 0 Å². The summed E-state index contributed by atoms with van der Waals surface area (Å²) in [6.07, 6.45) is 7.76. The van der Waals surface area contributed by atoms with E-state index in [-0.39, 0.29) is 36.1 Å². The largest absolute Gasteiger partial charge is 0.382 e. The number of ether oxygens (including phenoxy) is 5. The predicted octanol–water partition coefficient (Wildman–Crippen LogP) is 6.23. The zero-order chi connectivity index (χ0) is 46.4. The van der Waals surface area contributed by atoms with E-state index >= 15 is 0 Å². The summed E-state index contributed by atoms with van der Waals surface area (Å²) in [7, 11) is 0. The van der Waals surface area contributed by atoms with Crippen molar-refractivity contribution in [3.05, 3.63) is 89.7 Å². The molecule has 2 amide bonds. The number of pyridine rings is 1. The molecule has 0 spiro atoms. The van der Waals surface area contributed by atoms with E-state index in [4.69, 9.17) is 34.4 Å². The number of carbonyl (C=O) groups is 3. The minimum atomic E-state index is -0.489. The topological polar surface area (TPSA) is 190 Å². The number of benzene rings is 1. The molecule has 66 heavy (non-hydrogen) atoms. The van der Waals surface area contributed by atoms with Gasteiger partial charge >= 0.3 is 0 Å². The number of nitrogen functional groups attached to an aromatic ring is 1. The number of hydrogen-bond acceptors (Lipinski definition) is 12. The maximum absolute atomic E-state index is 13.4. The fraction of sp³-hybridized carbons (Fsp3) is 0.549. The molecule has 1 aliphatic heterocycles. The highest BCUT2D eigenvalue weighted by molar-refractivity contribution is 6.06. The van der Waals surface area contributed by atoms with Crippen LogP contribution < -0.4 is 21.7 Å². The lowest BCUT2D eigenvalue weighted by atomic mass is 9.61. The van der Waals surface area contributed by atoms with Gasteiger partial charge in [0, 0.05) is 50.3 Å². The summed E-state index contributed by atoms with van der Waals surface area (Å²) < 4.78 is 30.1. The number of para-hydroxylation sites is 1. The zero-order valence-corrected chi connectivity index (χ0v) is 39.0. The highest BCUT2D eigenvalue weighted by Crippen LogP contribution is 2.54. The molecular formula is C51H71N7O8. The number of fused-ring (bicyclic) bond motifs is 7. The maximum atomic E-state index is 13.4. The number of aryl methyl sites for hydroxylation is 2. The van der Waals surface area contributed by atoms with Crippen molar-refractivity contribution in [1.82, 2.24) is 30.5 Å². The summed E-state index contributed by atoms with van der Waals surface area (Å²) in [5.41, 5.74) is 10.8. The van der Waals surface area contributed by atoms with E-state index in [1.807, 2.05) is 54.6 Å². The van der Waals surface area contributed by atoms with Crippen molar-refractivity contribution in [2.24, 2.45) is 0 Å². The molecule has 1 fully saturated rings. The molecule has 0 bridgehead atoms. The Kier molecular flexibility index (Phi) is 20.6. The van der Waals surface area contributed by atoms with Gasteiger partial charge in [-0.15, -0.1) is 0 Å². The number of amides is 2. The Hall–Kier alpha value is -5.03. The van der Waals surface area contributed by atoms with Gasteiger partial charge in [-0.2, -0.15) is 0 Å². The Bertz CT molecular complexity index is 2230. The molecule has 15 heteroatoms. The van der Waals surface area contributed by atoms with Crippen molar-refractivity contribution in [1.29, 1.82) is 0 Å². The van der Waals surface area contributed by atoms with Gasteiger partial charge in [0.25, 0.3) is 0 Å². The molecule has 2 aromatic heterocycles. The fourth-order valence-electron chi connectivity index (χ4n) is 8.74. The minimum absolute atomic E-state index is 0.0281.